The standard InChI is InChI=1S/C27H39N3O4/c1-7-28-26-17(10-16-11-18(32-4)8-9-22(16)29-26)12-21-19-13-23(33-5)24(34-6)14-20(19)25(15(2)3)30-27(21)31/h8-11,15,19-21,23-25H,7,12-14H2,1-6H3,(H,28,29)(H,30,31). The van der Waals surface area contributed by atoms with Gasteiger partial charge in [0.25, 0.3) is 0 Å². The number of nitrogens with zero attached hydrogens (tertiary/aromatic N) is 1. The zero-order chi connectivity index (χ0) is 24.4. The van der Waals surface area contributed by atoms with Crippen molar-refractivity contribution in [3.05, 3.63) is 29.8 Å². The van der Waals surface area contributed by atoms with Crippen LogP contribution in [0, 0.1) is 23.7 Å². The summed E-state index contributed by atoms with van der Waals surface area (Å²) in [6.07, 6.45) is 2.41. The number of aromatic nitrogens is 1. The van der Waals surface area contributed by atoms with Gasteiger partial charge in [-0.1, -0.05) is 13.8 Å². The number of anilines is 1. The molecule has 7 heteroatoms. The molecule has 1 saturated heterocycles. The van der Waals surface area contributed by atoms with E-state index >= 15 is 0 Å². The highest BCUT2D eigenvalue weighted by Gasteiger charge is 2.50. The smallest absolute Gasteiger partial charge is 0.223 e. The maximum Gasteiger partial charge on any atom is 0.223 e. The molecular weight excluding hydrogens is 430 g/mol. The van der Waals surface area contributed by atoms with Crippen molar-refractivity contribution < 1.29 is 19.0 Å². The first kappa shape index (κ1) is 24.7. The van der Waals surface area contributed by atoms with Gasteiger partial charge in [-0.25, -0.2) is 4.98 Å². The Morgan fingerprint density at radius 3 is 2.41 bits per heavy atom. The van der Waals surface area contributed by atoms with Crippen LogP contribution in [-0.4, -0.2) is 57.0 Å². The number of hydrogen-bond donors (Lipinski definition) is 2. The van der Waals surface area contributed by atoms with Gasteiger partial charge in [-0.15, -0.1) is 0 Å². The Kier molecular flexibility index (Phi) is 7.63. The third-order valence-corrected chi connectivity index (χ3v) is 7.81. The molecule has 1 aromatic heterocycles. The van der Waals surface area contributed by atoms with Crippen LogP contribution >= 0.6 is 0 Å². The highest BCUT2D eigenvalue weighted by molar-refractivity contribution is 5.84. The van der Waals surface area contributed by atoms with Crippen LogP contribution in [0.25, 0.3) is 10.9 Å². The molecule has 6 unspecified atom stereocenters. The zero-order valence-corrected chi connectivity index (χ0v) is 21.3. The number of rotatable bonds is 8. The molecule has 2 heterocycles. The van der Waals surface area contributed by atoms with Gasteiger partial charge in [-0.3, -0.25) is 4.79 Å². The van der Waals surface area contributed by atoms with Crippen LogP contribution in [0.4, 0.5) is 5.82 Å². The number of amides is 1. The van der Waals surface area contributed by atoms with Gasteiger partial charge in [-0.05, 0) is 73.8 Å². The lowest BCUT2D eigenvalue weighted by atomic mass is 9.62. The first-order chi connectivity index (χ1) is 16.4. The fourth-order valence-electron chi connectivity index (χ4n) is 6.08. The first-order valence-corrected chi connectivity index (χ1v) is 12.5. The topological polar surface area (TPSA) is 81.7 Å². The lowest BCUT2D eigenvalue weighted by Gasteiger charge is -2.50. The molecule has 4 rings (SSSR count). The zero-order valence-electron chi connectivity index (χ0n) is 21.3. The van der Waals surface area contributed by atoms with Gasteiger partial charge in [0.1, 0.15) is 11.6 Å². The molecule has 7 nitrogen and oxygen atoms in total. The predicted octanol–water partition coefficient (Wildman–Crippen LogP) is 4.04. The van der Waals surface area contributed by atoms with Gasteiger partial charge >= 0.3 is 0 Å². The Morgan fingerprint density at radius 1 is 1.09 bits per heavy atom. The molecular formula is C27H39N3O4. The average Bonchev–Trinajstić information content (AvgIpc) is 2.84. The van der Waals surface area contributed by atoms with Crippen LogP contribution in [0.2, 0.25) is 0 Å². The van der Waals surface area contributed by atoms with Crippen molar-refractivity contribution in [1.82, 2.24) is 10.3 Å². The number of carbonyl (C=O) groups is 1. The monoisotopic (exact) mass is 469 g/mol. The summed E-state index contributed by atoms with van der Waals surface area (Å²) in [5.41, 5.74) is 1.97. The first-order valence-electron chi connectivity index (χ1n) is 12.5. The number of carbonyl (C=O) groups excluding carboxylic acids is 1. The third kappa shape index (κ3) is 4.73. The molecule has 1 aromatic carbocycles. The Labute approximate surface area is 202 Å². The molecule has 6 atom stereocenters. The van der Waals surface area contributed by atoms with Crippen molar-refractivity contribution in [3.63, 3.8) is 0 Å². The Balaban J connectivity index is 1.71. The van der Waals surface area contributed by atoms with Crippen molar-refractivity contribution in [2.24, 2.45) is 23.7 Å². The molecule has 1 amide bonds. The van der Waals surface area contributed by atoms with Gasteiger partial charge in [0.2, 0.25) is 5.91 Å². The van der Waals surface area contributed by atoms with Crippen molar-refractivity contribution in [1.29, 1.82) is 0 Å². The summed E-state index contributed by atoms with van der Waals surface area (Å²) in [5, 5.41) is 7.81. The summed E-state index contributed by atoms with van der Waals surface area (Å²) in [6.45, 7) is 7.21. The van der Waals surface area contributed by atoms with Crippen molar-refractivity contribution in [3.8, 4) is 5.75 Å². The van der Waals surface area contributed by atoms with E-state index in [4.69, 9.17) is 19.2 Å². The molecule has 186 valence electrons. The van der Waals surface area contributed by atoms with Crippen LogP contribution in [0.5, 0.6) is 5.75 Å². The van der Waals surface area contributed by atoms with E-state index in [2.05, 4.69) is 37.5 Å². The SMILES string of the molecule is CCNc1nc2ccc(OC)cc2cc1CC1C(=O)NC(C(C)C)C2CC(OC)C(OC)CC12. The second kappa shape index (κ2) is 10.5. The second-order valence-electron chi connectivity index (χ2n) is 10.0. The lowest BCUT2D eigenvalue weighted by molar-refractivity contribution is -0.146. The molecule has 0 spiro atoms. The largest absolute Gasteiger partial charge is 0.497 e. The molecule has 1 aliphatic heterocycles. The highest BCUT2D eigenvalue weighted by atomic mass is 16.5. The number of pyridine rings is 1. The molecule has 34 heavy (non-hydrogen) atoms. The molecule has 2 N–H and O–H groups in total. The fourth-order valence-corrected chi connectivity index (χ4v) is 6.08. The Hall–Kier alpha value is -2.38. The normalized spacial score (nSPS) is 29.1. The summed E-state index contributed by atoms with van der Waals surface area (Å²) in [6, 6.07) is 8.22. The van der Waals surface area contributed by atoms with E-state index in [0.717, 1.165) is 47.4 Å². The van der Waals surface area contributed by atoms with Crippen molar-refractivity contribution in [2.45, 2.75) is 58.3 Å². The van der Waals surface area contributed by atoms with E-state index in [1.165, 1.54) is 0 Å². The van der Waals surface area contributed by atoms with Crippen LogP contribution in [0.3, 0.4) is 0 Å². The lowest BCUT2D eigenvalue weighted by Crippen LogP contribution is -2.61. The number of ether oxygens (including phenoxy) is 3. The molecule has 1 aliphatic carbocycles. The van der Waals surface area contributed by atoms with E-state index in [1.807, 2.05) is 18.2 Å². The Bertz CT molecular complexity index is 1010. The van der Waals surface area contributed by atoms with Crippen molar-refractivity contribution in [2.75, 3.05) is 33.2 Å². The molecule has 1 saturated carbocycles. The van der Waals surface area contributed by atoms with Gasteiger partial charge in [0.05, 0.1) is 24.8 Å². The number of piperidine rings is 1. The highest BCUT2D eigenvalue weighted by Crippen LogP contribution is 2.45. The van der Waals surface area contributed by atoms with E-state index in [9.17, 15) is 4.79 Å². The quantitative estimate of drug-likeness (QED) is 0.607. The van der Waals surface area contributed by atoms with E-state index < -0.39 is 0 Å². The minimum Gasteiger partial charge on any atom is -0.497 e. The summed E-state index contributed by atoms with van der Waals surface area (Å²) in [4.78, 5) is 18.4. The van der Waals surface area contributed by atoms with Crippen LogP contribution in [-0.2, 0) is 20.7 Å². The second-order valence-corrected chi connectivity index (χ2v) is 10.0. The Morgan fingerprint density at radius 2 is 1.79 bits per heavy atom. The van der Waals surface area contributed by atoms with E-state index in [-0.39, 0.29) is 36.0 Å². The molecule has 0 radical (unpaired) electrons. The van der Waals surface area contributed by atoms with Crippen LogP contribution in [0.1, 0.15) is 39.2 Å². The maximum absolute atomic E-state index is 13.5. The fraction of sp³-hybridized carbons (Fsp3) is 0.630. The summed E-state index contributed by atoms with van der Waals surface area (Å²) in [7, 11) is 5.18. The average molecular weight is 470 g/mol. The number of fused-ring (bicyclic) bond motifs is 2. The minimum absolute atomic E-state index is 0.000288. The van der Waals surface area contributed by atoms with Crippen LogP contribution < -0.4 is 15.4 Å². The van der Waals surface area contributed by atoms with Gasteiger partial charge in [0.15, 0.2) is 0 Å². The van der Waals surface area contributed by atoms with E-state index in [1.54, 1.807) is 21.3 Å². The third-order valence-electron chi connectivity index (χ3n) is 7.81. The summed E-state index contributed by atoms with van der Waals surface area (Å²) < 4.78 is 17.1. The van der Waals surface area contributed by atoms with E-state index in [0.29, 0.717) is 18.3 Å². The minimum atomic E-state index is -0.141. The molecule has 2 aliphatic rings. The molecule has 2 fully saturated rings. The predicted molar refractivity (Wildman–Crippen MR) is 134 cm³/mol. The summed E-state index contributed by atoms with van der Waals surface area (Å²) >= 11 is 0. The molecule has 2 aromatic rings. The number of nitrogens with one attached hydrogen (secondary N) is 2. The van der Waals surface area contributed by atoms with Gasteiger partial charge in [-0.2, -0.15) is 0 Å². The van der Waals surface area contributed by atoms with Gasteiger partial charge in [0, 0.05) is 38.1 Å². The molecule has 0 bridgehead atoms. The van der Waals surface area contributed by atoms with Crippen molar-refractivity contribution >= 4 is 22.6 Å². The summed E-state index contributed by atoms with van der Waals surface area (Å²) in [5.74, 6) is 2.60. The van der Waals surface area contributed by atoms with Gasteiger partial charge < -0.3 is 24.8 Å². The number of hydrogen-bond acceptors (Lipinski definition) is 6. The number of benzene rings is 1. The van der Waals surface area contributed by atoms with Crippen LogP contribution in [0.15, 0.2) is 24.3 Å². The number of methoxy groups -OCH3 is 3. The maximum atomic E-state index is 13.5.